The number of aromatic nitrogens is 2. The maximum atomic E-state index is 14.4. The summed E-state index contributed by atoms with van der Waals surface area (Å²) >= 11 is 0. The third kappa shape index (κ3) is 4.17. The minimum absolute atomic E-state index is 0.00764. The summed E-state index contributed by atoms with van der Waals surface area (Å²) < 4.78 is 34.3. The number of hydrogen-bond acceptors (Lipinski definition) is 7. The Morgan fingerprint density at radius 2 is 1.95 bits per heavy atom. The molecular weight excluding hydrogens is 283 g/mol. The molecule has 118 valence electrons. The van der Waals surface area contributed by atoms with E-state index in [1.54, 1.807) is 6.92 Å². The summed E-state index contributed by atoms with van der Waals surface area (Å²) in [5.74, 6) is -0.773. The van der Waals surface area contributed by atoms with Gasteiger partial charge < -0.3 is 18.9 Å². The predicted molar refractivity (Wildman–Crippen MR) is 71.4 cm³/mol. The molecule has 1 aromatic heterocycles. The number of hydrogen-bond donors (Lipinski definition) is 0. The number of rotatable bonds is 7. The van der Waals surface area contributed by atoms with E-state index in [-0.39, 0.29) is 24.4 Å². The molecule has 0 radical (unpaired) electrons. The van der Waals surface area contributed by atoms with Gasteiger partial charge in [0.1, 0.15) is 6.10 Å². The second-order valence-corrected chi connectivity index (χ2v) is 4.29. The summed E-state index contributed by atoms with van der Waals surface area (Å²) in [6.07, 6.45) is -1.12. The zero-order valence-corrected chi connectivity index (χ0v) is 12.7. The molecule has 1 heterocycles. The van der Waals surface area contributed by atoms with Crippen LogP contribution in [0.4, 0.5) is 4.39 Å². The van der Waals surface area contributed by atoms with Crippen molar-refractivity contribution in [2.45, 2.75) is 32.5 Å². The molecular formula is C13H19FN2O5. The molecule has 7 nitrogen and oxygen atoms in total. The molecule has 0 aliphatic rings. The Hall–Kier alpha value is -2.12. The number of carbonyl (C=O) groups is 1. The minimum atomic E-state index is -2.32. The van der Waals surface area contributed by atoms with Gasteiger partial charge in [-0.05, 0) is 20.8 Å². The maximum Gasteiger partial charge on any atom is 0.347 e. The monoisotopic (exact) mass is 302 g/mol. The van der Waals surface area contributed by atoms with Crippen molar-refractivity contribution < 1.29 is 28.1 Å². The Morgan fingerprint density at radius 1 is 1.33 bits per heavy atom. The Kier molecular flexibility index (Phi) is 5.69. The van der Waals surface area contributed by atoms with E-state index >= 15 is 0 Å². The van der Waals surface area contributed by atoms with Crippen molar-refractivity contribution in [1.29, 1.82) is 0 Å². The van der Waals surface area contributed by atoms with Gasteiger partial charge in [-0.2, -0.15) is 9.97 Å². The second-order valence-electron chi connectivity index (χ2n) is 4.29. The van der Waals surface area contributed by atoms with Crippen LogP contribution in [0.2, 0.25) is 0 Å². The van der Waals surface area contributed by atoms with Crippen LogP contribution in [-0.2, 0) is 9.53 Å². The highest BCUT2D eigenvalue weighted by molar-refractivity contribution is 5.79. The van der Waals surface area contributed by atoms with Crippen LogP contribution in [0.15, 0.2) is 6.07 Å². The second kappa shape index (κ2) is 7.05. The predicted octanol–water partition coefficient (Wildman–Crippen LogP) is 1.55. The number of nitrogens with zero attached hydrogens (tertiary/aromatic N) is 2. The molecule has 1 aromatic rings. The summed E-state index contributed by atoms with van der Waals surface area (Å²) in [4.78, 5) is 19.4. The van der Waals surface area contributed by atoms with Crippen LogP contribution in [-0.4, -0.2) is 48.5 Å². The fraction of sp³-hybridized carbons (Fsp3) is 0.615. The normalized spacial score (nSPS) is 14.8. The van der Waals surface area contributed by atoms with Crippen molar-refractivity contribution in [1.82, 2.24) is 9.97 Å². The van der Waals surface area contributed by atoms with Crippen molar-refractivity contribution in [2.24, 2.45) is 0 Å². The third-order valence-electron chi connectivity index (χ3n) is 2.79. The van der Waals surface area contributed by atoms with Crippen LogP contribution < -0.4 is 14.2 Å². The summed E-state index contributed by atoms with van der Waals surface area (Å²) in [5.41, 5.74) is -2.32. The highest BCUT2D eigenvalue weighted by Gasteiger charge is 2.43. The van der Waals surface area contributed by atoms with E-state index in [1.165, 1.54) is 27.2 Å². The van der Waals surface area contributed by atoms with Crippen LogP contribution in [0, 0.1) is 0 Å². The lowest BCUT2D eigenvalue weighted by molar-refractivity contribution is -0.162. The molecule has 0 saturated carbocycles. The summed E-state index contributed by atoms with van der Waals surface area (Å²) in [6.45, 7) is 4.17. The largest absolute Gasteiger partial charge is 0.481 e. The fourth-order valence-corrected chi connectivity index (χ4v) is 1.37. The van der Waals surface area contributed by atoms with E-state index in [0.29, 0.717) is 0 Å². The lowest BCUT2D eigenvalue weighted by Gasteiger charge is -2.25. The topological polar surface area (TPSA) is 79.8 Å². The summed E-state index contributed by atoms with van der Waals surface area (Å²) in [6, 6.07) is 1.37. The minimum Gasteiger partial charge on any atom is -0.481 e. The molecule has 1 rings (SSSR count). The molecule has 0 aliphatic heterocycles. The van der Waals surface area contributed by atoms with Gasteiger partial charge in [0.2, 0.25) is 17.4 Å². The molecule has 0 N–H and O–H groups in total. The number of halogens is 1. The first kappa shape index (κ1) is 16.9. The first-order valence-corrected chi connectivity index (χ1v) is 6.35. The quantitative estimate of drug-likeness (QED) is 0.707. The maximum absolute atomic E-state index is 14.4. The van der Waals surface area contributed by atoms with Gasteiger partial charge in [0.05, 0.1) is 26.9 Å². The lowest BCUT2D eigenvalue weighted by Crippen LogP contribution is -2.45. The van der Waals surface area contributed by atoms with Crippen molar-refractivity contribution in [3.05, 3.63) is 6.07 Å². The lowest BCUT2D eigenvalue weighted by atomic mass is 10.0. The molecule has 2 unspecified atom stereocenters. The highest BCUT2D eigenvalue weighted by atomic mass is 19.1. The van der Waals surface area contributed by atoms with E-state index in [9.17, 15) is 9.18 Å². The van der Waals surface area contributed by atoms with Crippen LogP contribution in [0.25, 0.3) is 0 Å². The number of carbonyl (C=O) groups excluding carboxylic acids is 1. The van der Waals surface area contributed by atoms with Gasteiger partial charge in [0, 0.05) is 0 Å². The molecule has 0 amide bonds. The molecule has 0 fully saturated rings. The van der Waals surface area contributed by atoms with Crippen molar-refractivity contribution in [3.8, 4) is 17.8 Å². The van der Waals surface area contributed by atoms with Crippen molar-refractivity contribution in [2.75, 3.05) is 20.8 Å². The van der Waals surface area contributed by atoms with E-state index in [4.69, 9.17) is 14.2 Å². The molecule has 8 heteroatoms. The molecule has 0 saturated heterocycles. The standard InChI is InChI=1S/C13H19FN2O5/c1-6-20-11(17)13(3,14)8(2)21-10-7-9(18-4)15-12(16-10)19-5/h7-8H,6H2,1-5H3. The Bertz CT molecular complexity index is 473. The van der Waals surface area contributed by atoms with E-state index in [0.717, 1.165) is 6.92 Å². The smallest absolute Gasteiger partial charge is 0.347 e. The molecule has 0 bridgehead atoms. The van der Waals surface area contributed by atoms with Gasteiger partial charge in [0.25, 0.3) is 0 Å². The molecule has 0 aliphatic carbocycles. The molecule has 21 heavy (non-hydrogen) atoms. The zero-order valence-electron chi connectivity index (χ0n) is 12.7. The molecule has 0 spiro atoms. The van der Waals surface area contributed by atoms with Crippen molar-refractivity contribution in [3.63, 3.8) is 0 Å². The number of alkyl halides is 1. The average molecular weight is 302 g/mol. The molecule has 0 aromatic carbocycles. The van der Waals surface area contributed by atoms with Gasteiger partial charge in [-0.15, -0.1) is 0 Å². The van der Waals surface area contributed by atoms with Crippen molar-refractivity contribution >= 4 is 5.97 Å². The molecule has 2 atom stereocenters. The Labute approximate surface area is 122 Å². The number of methoxy groups -OCH3 is 2. The van der Waals surface area contributed by atoms with Gasteiger partial charge in [-0.3, -0.25) is 0 Å². The van der Waals surface area contributed by atoms with Crippen LogP contribution >= 0.6 is 0 Å². The summed E-state index contributed by atoms with van der Waals surface area (Å²) in [7, 11) is 2.78. The SMILES string of the molecule is CCOC(=O)C(C)(F)C(C)Oc1cc(OC)nc(OC)n1. The van der Waals surface area contributed by atoms with Gasteiger partial charge in [-0.1, -0.05) is 0 Å². The fourth-order valence-electron chi connectivity index (χ4n) is 1.37. The van der Waals surface area contributed by atoms with Gasteiger partial charge >= 0.3 is 12.0 Å². The Balaban J connectivity index is 2.91. The first-order valence-electron chi connectivity index (χ1n) is 6.35. The van der Waals surface area contributed by atoms with Crippen LogP contribution in [0.1, 0.15) is 20.8 Å². The van der Waals surface area contributed by atoms with Crippen LogP contribution in [0.5, 0.6) is 17.8 Å². The van der Waals surface area contributed by atoms with E-state index in [2.05, 4.69) is 14.7 Å². The average Bonchev–Trinajstić information content (AvgIpc) is 2.46. The van der Waals surface area contributed by atoms with Gasteiger partial charge in [-0.25, -0.2) is 9.18 Å². The first-order chi connectivity index (χ1) is 9.84. The number of ether oxygens (including phenoxy) is 4. The Morgan fingerprint density at radius 3 is 2.48 bits per heavy atom. The van der Waals surface area contributed by atoms with E-state index < -0.39 is 17.7 Å². The van der Waals surface area contributed by atoms with Crippen LogP contribution in [0.3, 0.4) is 0 Å². The highest BCUT2D eigenvalue weighted by Crippen LogP contribution is 2.25. The third-order valence-corrected chi connectivity index (χ3v) is 2.79. The van der Waals surface area contributed by atoms with E-state index in [1.807, 2.05) is 0 Å². The van der Waals surface area contributed by atoms with Gasteiger partial charge in [0.15, 0.2) is 0 Å². The number of esters is 1. The summed E-state index contributed by atoms with van der Waals surface area (Å²) in [5, 5.41) is 0. The zero-order chi connectivity index (χ0) is 16.0.